The summed E-state index contributed by atoms with van der Waals surface area (Å²) < 4.78 is 20.4. The van der Waals surface area contributed by atoms with E-state index < -0.39 is 40.6 Å². The van der Waals surface area contributed by atoms with Crippen molar-refractivity contribution in [3.63, 3.8) is 0 Å². The van der Waals surface area contributed by atoms with Crippen molar-refractivity contribution in [2.24, 2.45) is 0 Å². The molecule has 0 radical (unpaired) electrons. The molecule has 0 unspecified atom stereocenters. The summed E-state index contributed by atoms with van der Waals surface area (Å²) >= 11 is 3.41. The molecule has 2 aliphatic heterocycles. The fraction of sp³-hybridized carbons (Fsp3) is 0.273. The van der Waals surface area contributed by atoms with E-state index in [9.17, 15) is 19.2 Å². The van der Waals surface area contributed by atoms with Crippen LogP contribution in [0.15, 0.2) is 51.2 Å². The normalized spacial score (nSPS) is 19.1. The number of esters is 4. The zero-order valence-electron chi connectivity index (χ0n) is 18.0. The van der Waals surface area contributed by atoms with Crippen molar-refractivity contribution in [3.8, 4) is 0 Å². The number of nitrogens with zero attached hydrogens (tertiary/aromatic N) is 1. The van der Waals surface area contributed by atoms with E-state index in [0.29, 0.717) is 11.3 Å². The van der Waals surface area contributed by atoms with Gasteiger partial charge in [0, 0.05) is 10.2 Å². The number of methoxy groups -OCH3 is 4. The second-order valence-electron chi connectivity index (χ2n) is 6.96. The van der Waals surface area contributed by atoms with Crippen molar-refractivity contribution in [1.82, 2.24) is 0 Å². The van der Waals surface area contributed by atoms with Crippen molar-refractivity contribution in [1.29, 1.82) is 0 Å². The first-order valence-electron chi connectivity index (χ1n) is 9.27. The number of benzene rings is 1. The van der Waals surface area contributed by atoms with E-state index in [2.05, 4.69) is 15.9 Å². The number of ether oxygens (including phenoxy) is 4. The zero-order valence-corrected chi connectivity index (χ0v) is 19.6. The standard InChI is InChI=1S/C22H20BrNO8/c1-22-9-8-11-10-12(23)6-7-13(11)24(22)17(21(28)32-5)15(19(26)30-3)14(18(25)29-2)16(22)20(27)31-4/h6-10H,1-5H3/t22-/m1/s1. The third kappa shape index (κ3) is 3.40. The number of carbonyl (C=O) groups excluding carboxylic acids is 4. The molecule has 0 N–H and O–H groups in total. The maximum absolute atomic E-state index is 13.0. The first kappa shape index (κ1) is 23.3. The molecular formula is C22H20BrNO8. The fourth-order valence-electron chi connectivity index (χ4n) is 3.90. The smallest absolute Gasteiger partial charge is 0.355 e. The van der Waals surface area contributed by atoms with Crippen LogP contribution in [-0.4, -0.2) is 57.9 Å². The lowest BCUT2D eigenvalue weighted by atomic mass is 9.76. The summed E-state index contributed by atoms with van der Waals surface area (Å²) in [5.74, 6) is -3.83. The van der Waals surface area contributed by atoms with Crippen molar-refractivity contribution in [2.75, 3.05) is 33.3 Å². The number of hydrogen-bond donors (Lipinski definition) is 0. The van der Waals surface area contributed by atoms with Gasteiger partial charge in [0.05, 0.1) is 45.1 Å². The zero-order chi connectivity index (χ0) is 23.8. The quantitative estimate of drug-likeness (QED) is 0.449. The van der Waals surface area contributed by atoms with Crippen LogP contribution in [0.2, 0.25) is 0 Å². The summed E-state index contributed by atoms with van der Waals surface area (Å²) in [5, 5.41) is 0. The summed E-state index contributed by atoms with van der Waals surface area (Å²) in [5.41, 5.74) is -1.59. The summed E-state index contributed by atoms with van der Waals surface area (Å²) in [4.78, 5) is 53.2. The molecule has 0 fully saturated rings. The molecule has 1 aromatic rings. The minimum atomic E-state index is -1.40. The molecule has 2 aliphatic rings. The van der Waals surface area contributed by atoms with Crippen LogP contribution in [0.5, 0.6) is 0 Å². The highest BCUT2D eigenvalue weighted by Gasteiger charge is 2.53. The minimum Gasteiger partial charge on any atom is -0.466 e. The molecule has 2 heterocycles. The van der Waals surface area contributed by atoms with Crippen molar-refractivity contribution >= 4 is 51.6 Å². The summed E-state index contributed by atoms with van der Waals surface area (Å²) in [6, 6.07) is 5.25. The molecule has 1 aromatic carbocycles. The first-order valence-corrected chi connectivity index (χ1v) is 10.1. The molecule has 0 aliphatic carbocycles. The molecule has 0 saturated heterocycles. The highest BCUT2D eigenvalue weighted by molar-refractivity contribution is 9.10. The average Bonchev–Trinajstić information content (AvgIpc) is 2.80. The molecule has 3 rings (SSSR count). The van der Waals surface area contributed by atoms with E-state index in [1.165, 1.54) is 4.90 Å². The van der Waals surface area contributed by atoms with Crippen molar-refractivity contribution in [3.05, 3.63) is 56.7 Å². The predicted molar refractivity (Wildman–Crippen MR) is 116 cm³/mol. The van der Waals surface area contributed by atoms with Gasteiger partial charge >= 0.3 is 23.9 Å². The molecule has 32 heavy (non-hydrogen) atoms. The highest BCUT2D eigenvalue weighted by Crippen LogP contribution is 2.48. The highest BCUT2D eigenvalue weighted by atomic mass is 79.9. The number of fused-ring (bicyclic) bond motifs is 3. The van der Waals surface area contributed by atoms with E-state index in [1.807, 2.05) is 0 Å². The summed E-state index contributed by atoms with van der Waals surface area (Å²) in [6.07, 6.45) is 3.38. The van der Waals surface area contributed by atoms with Crippen LogP contribution >= 0.6 is 15.9 Å². The molecular weight excluding hydrogens is 486 g/mol. The molecule has 0 bridgehead atoms. The van der Waals surface area contributed by atoms with Gasteiger partial charge in [0.2, 0.25) is 0 Å². The number of carbonyl (C=O) groups is 4. The second kappa shape index (κ2) is 8.62. The van der Waals surface area contributed by atoms with Gasteiger partial charge in [-0.25, -0.2) is 19.2 Å². The minimum absolute atomic E-state index is 0.190. The molecule has 10 heteroatoms. The van der Waals surface area contributed by atoms with Gasteiger partial charge in [-0.2, -0.15) is 0 Å². The van der Waals surface area contributed by atoms with Crippen LogP contribution in [0, 0.1) is 0 Å². The molecule has 1 atom stereocenters. The SMILES string of the molecule is COC(=O)C1=C(C(=O)OC)N2c3ccc(Br)cc3C=C[C@]2(C)C(C(=O)OC)=C1C(=O)OC. The van der Waals surface area contributed by atoms with Crippen LogP contribution < -0.4 is 4.90 Å². The maximum atomic E-state index is 13.0. The number of rotatable bonds is 4. The number of hydrogen-bond acceptors (Lipinski definition) is 9. The lowest BCUT2D eigenvalue weighted by Gasteiger charge is -2.48. The third-order valence-corrected chi connectivity index (χ3v) is 5.79. The fourth-order valence-corrected chi connectivity index (χ4v) is 4.28. The Labute approximate surface area is 192 Å². The van der Waals surface area contributed by atoms with Gasteiger partial charge in [-0.3, -0.25) is 0 Å². The van der Waals surface area contributed by atoms with E-state index >= 15 is 0 Å². The Balaban J connectivity index is 2.57. The van der Waals surface area contributed by atoms with Gasteiger partial charge in [-0.15, -0.1) is 0 Å². The van der Waals surface area contributed by atoms with Crippen LogP contribution in [-0.2, 0) is 38.1 Å². The van der Waals surface area contributed by atoms with Gasteiger partial charge in [0.15, 0.2) is 0 Å². The molecule has 0 amide bonds. The summed E-state index contributed by atoms with van der Waals surface area (Å²) in [7, 11) is 4.47. The van der Waals surface area contributed by atoms with Gasteiger partial charge in [0.25, 0.3) is 0 Å². The maximum Gasteiger partial charge on any atom is 0.355 e. The Kier molecular flexibility index (Phi) is 6.27. The van der Waals surface area contributed by atoms with Crippen molar-refractivity contribution < 1.29 is 38.1 Å². The molecule has 9 nitrogen and oxygen atoms in total. The number of anilines is 1. The topological polar surface area (TPSA) is 108 Å². The van der Waals surface area contributed by atoms with Gasteiger partial charge in [-0.1, -0.05) is 28.1 Å². The Morgan fingerprint density at radius 2 is 1.41 bits per heavy atom. The van der Waals surface area contributed by atoms with Crippen molar-refractivity contribution in [2.45, 2.75) is 12.5 Å². The van der Waals surface area contributed by atoms with E-state index in [-0.39, 0.29) is 11.3 Å². The monoisotopic (exact) mass is 505 g/mol. The Morgan fingerprint density at radius 3 is 1.97 bits per heavy atom. The predicted octanol–water partition coefficient (Wildman–Crippen LogP) is 2.30. The third-order valence-electron chi connectivity index (χ3n) is 5.30. The first-order chi connectivity index (χ1) is 15.2. The van der Waals surface area contributed by atoms with E-state index in [1.54, 1.807) is 37.3 Å². The van der Waals surface area contributed by atoms with Gasteiger partial charge < -0.3 is 23.8 Å². The molecule has 0 saturated carbocycles. The van der Waals surface area contributed by atoms with E-state index in [0.717, 1.165) is 32.9 Å². The second-order valence-corrected chi connectivity index (χ2v) is 7.88. The lowest BCUT2D eigenvalue weighted by molar-refractivity contribution is -0.142. The lowest BCUT2D eigenvalue weighted by Crippen LogP contribution is -2.55. The van der Waals surface area contributed by atoms with Gasteiger partial charge in [-0.05, 0) is 30.7 Å². The number of halogens is 1. The molecule has 168 valence electrons. The van der Waals surface area contributed by atoms with E-state index in [4.69, 9.17) is 18.9 Å². The van der Waals surface area contributed by atoms with Gasteiger partial charge in [0.1, 0.15) is 11.3 Å². The Bertz CT molecular complexity index is 1130. The Morgan fingerprint density at radius 1 is 0.844 bits per heavy atom. The van der Waals surface area contributed by atoms with Crippen LogP contribution in [0.25, 0.3) is 6.08 Å². The van der Waals surface area contributed by atoms with Crippen LogP contribution in [0.3, 0.4) is 0 Å². The average molecular weight is 506 g/mol. The molecule has 0 spiro atoms. The largest absolute Gasteiger partial charge is 0.466 e. The van der Waals surface area contributed by atoms with Crippen LogP contribution in [0.4, 0.5) is 5.69 Å². The van der Waals surface area contributed by atoms with Crippen LogP contribution in [0.1, 0.15) is 12.5 Å². The molecule has 0 aromatic heterocycles. The summed E-state index contributed by atoms with van der Waals surface area (Å²) in [6.45, 7) is 1.61. The Hall–Kier alpha value is -3.40.